The van der Waals surface area contributed by atoms with Crippen molar-refractivity contribution in [3.05, 3.63) is 29.8 Å². The van der Waals surface area contributed by atoms with Crippen LogP contribution in [0.2, 0.25) is 0 Å². The molecule has 0 aliphatic carbocycles. The van der Waals surface area contributed by atoms with Crippen LogP contribution < -0.4 is 10.1 Å². The van der Waals surface area contributed by atoms with Crippen molar-refractivity contribution in [2.45, 2.75) is 31.7 Å². The molecule has 2 rings (SSSR count). The third kappa shape index (κ3) is 9.87. The van der Waals surface area contributed by atoms with Gasteiger partial charge in [0.15, 0.2) is 0 Å². The molecule has 1 aliphatic heterocycles. The lowest BCUT2D eigenvalue weighted by Gasteiger charge is -2.43. The smallest absolute Gasteiger partial charge is 0.335 e. The Morgan fingerprint density at radius 2 is 1.45 bits per heavy atom. The average Bonchev–Trinajstić information content (AvgIpc) is 2.84. The zero-order valence-corrected chi connectivity index (χ0v) is 21.2. The van der Waals surface area contributed by atoms with Crippen LogP contribution in [-0.4, -0.2) is 141 Å². The molecule has 0 saturated carbocycles. The maximum Gasteiger partial charge on any atom is 0.335 e. The second kappa shape index (κ2) is 15.2. The molecule has 14 heteroatoms. The normalized spacial score (nSPS) is 21.5. The standard InChI is InChI=1S/C24H36N4O10/c1-2-18(38-17-5-3-16(4-6-17)24(36)37)22-23(35)28(15-21(33)34)10-8-25-7-9-26(13-19(29)30)11-12-27(22)14-20(31)32/h3-6,18,22-23,25,35H,2,7-15H2,1H3,(H,29,30)(H,31,32)(H,33,34)(H,36,37). The van der Waals surface area contributed by atoms with E-state index in [1.54, 1.807) is 11.8 Å². The summed E-state index contributed by atoms with van der Waals surface area (Å²) in [6.45, 7) is 1.91. The molecule has 0 amide bonds. The highest BCUT2D eigenvalue weighted by Crippen LogP contribution is 2.23. The molecule has 6 N–H and O–H groups in total. The topological polar surface area (TPSA) is 200 Å². The van der Waals surface area contributed by atoms with E-state index >= 15 is 0 Å². The van der Waals surface area contributed by atoms with E-state index in [1.807, 2.05) is 0 Å². The minimum atomic E-state index is -1.46. The number of rotatable bonds is 11. The van der Waals surface area contributed by atoms with E-state index < -0.39 is 55.3 Å². The van der Waals surface area contributed by atoms with Gasteiger partial charge in [-0.15, -0.1) is 0 Å². The Bertz CT molecular complexity index is 945. The van der Waals surface area contributed by atoms with Gasteiger partial charge < -0.3 is 35.6 Å². The molecule has 212 valence electrons. The van der Waals surface area contributed by atoms with Gasteiger partial charge >= 0.3 is 23.9 Å². The van der Waals surface area contributed by atoms with Crippen LogP contribution in [0.1, 0.15) is 23.7 Å². The maximum absolute atomic E-state index is 11.8. The number of aliphatic hydroxyl groups is 1. The summed E-state index contributed by atoms with van der Waals surface area (Å²) in [6, 6.07) is 4.57. The van der Waals surface area contributed by atoms with Crippen LogP contribution in [0.25, 0.3) is 0 Å². The van der Waals surface area contributed by atoms with E-state index in [4.69, 9.17) is 9.84 Å². The van der Waals surface area contributed by atoms with Gasteiger partial charge in [0.05, 0.1) is 31.2 Å². The third-order valence-electron chi connectivity index (χ3n) is 6.19. The Morgan fingerprint density at radius 3 is 2.00 bits per heavy atom. The van der Waals surface area contributed by atoms with Crippen molar-refractivity contribution in [2.75, 3.05) is 58.9 Å². The monoisotopic (exact) mass is 540 g/mol. The zero-order chi connectivity index (χ0) is 28.2. The van der Waals surface area contributed by atoms with Gasteiger partial charge in [-0.25, -0.2) is 4.79 Å². The summed E-state index contributed by atoms with van der Waals surface area (Å²) in [5, 5.41) is 52.2. The van der Waals surface area contributed by atoms with E-state index in [0.29, 0.717) is 19.6 Å². The van der Waals surface area contributed by atoms with Gasteiger partial charge in [0.1, 0.15) is 18.1 Å². The second-order valence-electron chi connectivity index (χ2n) is 8.95. The molecule has 38 heavy (non-hydrogen) atoms. The summed E-state index contributed by atoms with van der Waals surface area (Å²) in [4.78, 5) is 50.4. The number of aliphatic carboxylic acids is 3. The van der Waals surface area contributed by atoms with Crippen LogP contribution in [0.5, 0.6) is 5.75 Å². The zero-order valence-electron chi connectivity index (χ0n) is 21.2. The highest BCUT2D eigenvalue weighted by Gasteiger charge is 2.39. The number of aliphatic hydroxyl groups excluding tert-OH is 1. The summed E-state index contributed by atoms with van der Waals surface area (Å²) < 4.78 is 6.10. The van der Waals surface area contributed by atoms with Crippen molar-refractivity contribution >= 4 is 23.9 Å². The Labute approximate surface area is 220 Å². The second-order valence-corrected chi connectivity index (χ2v) is 8.95. The van der Waals surface area contributed by atoms with E-state index in [2.05, 4.69) is 5.32 Å². The number of carboxylic acids is 4. The van der Waals surface area contributed by atoms with Crippen LogP contribution in [-0.2, 0) is 14.4 Å². The molecular weight excluding hydrogens is 504 g/mol. The van der Waals surface area contributed by atoms with Crippen LogP contribution in [0.4, 0.5) is 0 Å². The number of nitrogens with one attached hydrogen (secondary N) is 1. The van der Waals surface area contributed by atoms with Crippen molar-refractivity contribution < 1.29 is 49.4 Å². The first-order valence-corrected chi connectivity index (χ1v) is 12.3. The van der Waals surface area contributed by atoms with Crippen LogP contribution >= 0.6 is 0 Å². The lowest BCUT2D eigenvalue weighted by Crippen LogP contribution is -2.62. The van der Waals surface area contributed by atoms with Gasteiger partial charge in [-0.1, -0.05) is 6.92 Å². The molecule has 0 spiro atoms. The Hall–Kier alpha value is -3.30. The van der Waals surface area contributed by atoms with Crippen LogP contribution in [0.3, 0.4) is 0 Å². The fraction of sp³-hybridized carbons (Fsp3) is 0.583. The molecule has 1 fully saturated rings. The number of carbonyl (C=O) groups is 4. The molecule has 0 aromatic heterocycles. The summed E-state index contributed by atoms with van der Waals surface area (Å²) in [6.07, 6.45) is -2.00. The maximum atomic E-state index is 11.8. The Morgan fingerprint density at radius 1 is 0.868 bits per heavy atom. The summed E-state index contributed by atoms with van der Waals surface area (Å²) in [5.41, 5.74) is 0.0441. The van der Waals surface area contributed by atoms with Crippen molar-refractivity contribution in [1.29, 1.82) is 0 Å². The molecule has 1 heterocycles. The highest BCUT2D eigenvalue weighted by molar-refractivity contribution is 5.87. The van der Waals surface area contributed by atoms with Gasteiger partial charge in [0.25, 0.3) is 0 Å². The lowest BCUT2D eigenvalue weighted by molar-refractivity contribution is -0.151. The molecule has 0 bridgehead atoms. The SMILES string of the molecule is CCC(Oc1ccc(C(=O)O)cc1)C1C(O)N(CC(=O)O)CCNCCN(CC(=O)O)CCN1CC(=O)O. The number of ether oxygens (including phenoxy) is 1. The first-order chi connectivity index (χ1) is 18.0. The molecule has 3 atom stereocenters. The molecule has 0 radical (unpaired) electrons. The molecule has 1 saturated heterocycles. The Balaban J connectivity index is 2.47. The van der Waals surface area contributed by atoms with Crippen LogP contribution in [0, 0.1) is 0 Å². The third-order valence-corrected chi connectivity index (χ3v) is 6.19. The first-order valence-electron chi connectivity index (χ1n) is 12.3. The number of nitrogens with zero attached hydrogens (tertiary/aromatic N) is 3. The van der Waals surface area contributed by atoms with Crippen molar-refractivity contribution in [3.63, 3.8) is 0 Å². The average molecular weight is 541 g/mol. The first kappa shape index (κ1) is 30.9. The molecule has 14 nitrogen and oxygen atoms in total. The molecule has 1 aromatic carbocycles. The number of hydrogen-bond acceptors (Lipinski definition) is 10. The van der Waals surface area contributed by atoms with Gasteiger partial charge in [-0.2, -0.15) is 0 Å². The van der Waals surface area contributed by atoms with Gasteiger partial charge in [-0.3, -0.25) is 29.1 Å². The predicted octanol–water partition coefficient (Wildman–Crippen LogP) is -1.01. The lowest BCUT2D eigenvalue weighted by atomic mass is 10.0. The molecule has 1 aromatic rings. The van der Waals surface area contributed by atoms with Gasteiger partial charge in [0.2, 0.25) is 0 Å². The fourth-order valence-corrected chi connectivity index (χ4v) is 4.38. The number of carboxylic acid groups (broad SMARTS) is 4. The molecule has 1 aliphatic rings. The summed E-state index contributed by atoms with van der Waals surface area (Å²) in [7, 11) is 0. The number of benzene rings is 1. The predicted molar refractivity (Wildman–Crippen MR) is 133 cm³/mol. The van der Waals surface area contributed by atoms with E-state index in [-0.39, 0.29) is 43.9 Å². The quantitative estimate of drug-likeness (QED) is 0.199. The molecular formula is C24H36N4O10. The highest BCUT2D eigenvalue weighted by atomic mass is 16.5. The Kier molecular flexibility index (Phi) is 12.4. The van der Waals surface area contributed by atoms with Crippen LogP contribution in [0.15, 0.2) is 24.3 Å². The largest absolute Gasteiger partial charge is 0.489 e. The van der Waals surface area contributed by atoms with E-state index in [0.717, 1.165) is 0 Å². The molecule has 3 unspecified atom stereocenters. The van der Waals surface area contributed by atoms with Gasteiger partial charge in [0, 0.05) is 39.3 Å². The minimum Gasteiger partial charge on any atom is -0.489 e. The number of hydrogen-bond donors (Lipinski definition) is 6. The minimum absolute atomic E-state index is 0.0441. The fourth-order valence-electron chi connectivity index (χ4n) is 4.38. The summed E-state index contributed by atoms with van der Waals surface area (Å²) in [5.74, 6) is -4.23. The van der Waals surface area contributed by atoms with Gasteiger partial charge in [-0.05, 0) is 30.7 Å². The van der Waals surface area contributed by atoms with Crippen molar-refractivity contribution in [3.8, 4) is 5.75 Å². The van der Waals surface area contributed by atoms with E-state index in [1.165, 1.54) is 34.1 Å². The number of aromatic carboxylic acids is 1. The van der Waals surface area contributed by atoms with Crippen molar-refractivity contribution in [2.24, 2.45) is 0 Å². The van der Waals surface area contributed by atoms with Crippen molar-refractivity contribution in [1.82, 2.24) is 20.0 Å². The summed E-state index contributed by atoms with van der Waals surface area (Å²) >= 11 is 0. The van der Waals surface area contributed by atoms with E-state index in [9.17, 15) is 39.6 Å².